The molecule has 20 heavy (non-hydrogen) atoms. The van der Waals surface area contributed by atoms with Crippen molar-refractivity contribution in [2.24, 2.45) is 0 Å². The van der Waals surface area contributed by atoms with Crippen LogP contribution in [0.3, 0.4) is 0 Å². The SMILES string of the molecule is Cc1ccc2c(-c3c(C)cccc3Cl)c(=O)ncn2n1. The molecule has 0 spiro atoms. The molecule has 0 N–H and O–H groups in total. The number of rotatable bonds is 1. The van der Waals surface area contributed by atoms with Crippen LogP contribution in [0.1, 0.15) is 11.3 Å². The zero-order chi connectivity index (χ0) is 14.3. The van der Waals surface area contributed by atoms with Gasteiger partial charge in [-0.1, -0.05) is 23.7 Å². The van der Waals surface area contributed by atoms with Crippen molar-refractivity contribution in [2.45, 2.75) is 13.8 Å². The van der Waals surface area contributed by atoms with Crippen LogP contribution in [0.4, 0.5) is 0 Å². The highest BCUT2D eigenvalue weighted by Gasteiger charge is 2.15. The number of halogens is 1. The Morgan fingerprint density at radius 1 is 1.10 bits per heavy atom. The van der Waals surface area contributed by atoms with E-state index in [1.54, 1.807) is 10.6 Å². The molecule has 3 aromatic rings. The number of benzene rings is 1. The van der Waals surface area contributed by atoms with Crippen molar-refractivity contribution in [1.82, 2.24) is 14.6 Å². The molecule has 0 fully saturated rings. The van der Waals surface area contributed by atoms with Crippen LogP contribution in [0.15, 0.2) is 41.5 Å². The Kier molecular flexibility index (Phi) is 3.03. The second kappa shape index (κ2) is 4.72. The fourth-order valence-corrected chi connectivity index (χ4v) is 2.60. The van der Waals surface area contributed by atoms with E-state index >= 15 is 0 Å². The average Bonchev–Trinajstić information content (AvgIpc) is 2.41. The molecular formula is C15H12ClN3O. The van der Waals surface area contributed by atoms with Crippen LogP contribution in [0.2, 0.25) is 5.02 Å². The van der Waals surface area contributed by atoms with Crippen molar-refractivity contribution in [3.63, 3.8) is 0 Å². The van der Waals surface area contributed by atoms with Crippen LogP contribution < -0.4 is 5.56 Å². The highest BCUT2D eigenvalue weighted by Crippen LogP contribution is 2.31. The Bertz CT molecular complexity index is 850. The highest BCUT2D eigenvalue weighted by atomic mass is 35.5. The van der Waals surface area contributed by atoms with Crippen LogP contribution in [0, 0.1) is 13.8 Å². The number of nitrogens with zero attached hydrogens (tertiary/aromatic N) is 3. The fourth-order valence-electron chi connectivity index (χ4n) is 2.28. The van der Waals surface area contributed by atoms with Crippen molar-refractivity contribution < 1.29 is 0 Å². The molecule has 0 bridgehead atoms. The quantitative estimate of drug-likeness (QED) is 0.690. The van der Waals surface area contributed by atoms with Gasteiger partial charge in [0.05, 0.1) is 16.8 Å². The minimum atomic E-state index is -0.299. The van der Waals surface area contributed by atoms with Crippen LogP contribution in [-0.4, -0.2) is 14.6 Å². The molecule has 0 aliphatic rings. The van der Waals surface area contributed by atoms with Crippen molar-refractivity contribution in [1.29, 1.82) is 0 Å². The fraction of sp³-hybridized carbons (Fsp3) is 0.133. The molecule has 100 valence electrons. The van der Waals surface area contributed by atoms with Gasteiger partial charge in [-0.15, -0.1) is 0 Å². The summed E-state index contributed by atoms with van der Waals surface area (Å²) in [6.07, 6.45) is 1.43. The van der Waals surface area contributed by atoms with Gasteiger partial charge in [0.25, 0.3) is 5.56 Å². The van der Waals surface area contributed by atoms with E-state index in [-0.39, 0.29) is 5.56 Å². The topological polar surface area (TPSA) is 47.3 Å². The monoisotopic (exact) mass is 285 g/mol. The predicted octanol–water partition coefficient (Wildman–Crippen LogP) is 3.03. The van der Waals surface area contributed by atoms with E-state index in [1.807, 2.05) is 38.1 Å². The van der Waals surface area contributed by atoms with Crippen LogP contribution in [0.5, 0.6) is 0 Å². The Balaban J connectivity index is 2.47. The third-order valence-corrected chi connectivity index (χ3v) is 3.54. The van der Waals surface area contributed by atoms with Crippen LogP contribution in [0.25, 0.3) is 16.6 Å². The summed E-state index contributed by atoms with van der Waals surface area (Å²) >= 11 is 6.27. The highest BCUT2D eigenvalue weighted by molar-refractivity contribution is 6.33. The first-order valence-corrected chi connectivity index (χ1v) is 6.56. The minimum Gasteiger partial charge on any atom is -0.267 e. The molecule has 0 saturated carbocycles. The smallest absolute Gasteiger partial charge is 0.267 e. The first-order valence-electron chi connectivity index (χ1n) is 6.19. The van der Waals surface area contributed by atoms with Crippen molar-refractivity contribution in [2.75, 3.05) is 0 Å². The number of fused-ring (bicyclic) bond motifs is 1. The molecule has 4 nitrogen and oxygen atoms in total. The Morgan fingerprint density at radius 3 is 2.65 bits per heavy atom. The molecule has 3 rings (SSSR count). The number of hydrogen-bond donors (Lipinski definition) is 0. The second-order valence-electron chi connectivity index (χ2n) is 4.66. The first-order chi connectivity index (χ1) is 9.58. The zero-order valence-corrected chi connectivity index (χ0v) is 11.8. The van der Waals surface area contributed by atoms with E-state index < -0.39 is 0 Å². The number of aromatic nitrogens is 3. The maximum atomic E-state index is 12.2. The Labute approximate surface area is 120 Å². The van der Waals surface area contributed by atoms with E-state index in [4.69, 9.17) is 11.6 Å². The number of hydrogen-bond acceptors (Lipinski definition) is 3. The Morgan fingerprint density at radius 2 is 1.90 bits per heavy atom. The van der Waals surface area contributed by atoms with Crippen molar-refractivity contribution in [3.05, 3.63) is 63.3 Å². The van der Waals surface area contributed by atoms with Crippen molar-refractivity contribution in [3.8, 4) is 11.1 Å². The summed E-state index contributed by atoms with van der Waals surface area (Å²) in [7, 11) is 0. The molecule has 0 aliphatic heterocycles. The van der Waals surface area contributed by atoms with Crippen LogP contribution >= 0.6 is 11.6 Å². The third-order valence-electron chi connectivity index (χ3n) is 3.22. The first kappa shape index (κ1) is 12.8. The molecule has 1 aromatic carbocycles. The summed E-state index contributed by atoms with van der Waals surface area (Å²) in [4.78, 5) is 16.1. The lowest BCUT2D eigenvalue weighted by molar-refractivity contribution is 0.858. The summed E-state index contributed by atoms with van der Waals surface area (Å²) in [6, 6.07) is 9.29. The normalized spacial score (nSPS) is 10.9. The second-order valence-corrected chi connectivity index (χ2v) is 5.07. The molecule has 0 amide bonds. The molecule has 2 aromatic heterocycles. The standard InChI is InChI=1S/C15H12ClN3O/c1-9-4-3-5-11(16)13(9)14-12-7-6-10(2)18-19(12)8-17-15(14)20/h3-8H,1-2H3. The van der Waals surface area contributed by atoms with Gasteiger partial charge in [-0.2, -0.15) is 10.1 Å². The molecule has 0 atom stereocenters. The van der Waals surface area contributed by atoms with Gasteiger partial charge in [0.2, 0.25) is 0 Å². The lowest BCUT2D eigenvalue weighted by Crippen LogP contribution is -2.14. The van der Waals surface area contributed by atoms with Gasteiger partial charge >= 0.3 is 0 Å². The molecule has 2 heterocycles. The van der Waals surface area contributed by atoms with Gasteiger partial charge in [0.1, 0.15) is 6.33 Å². The third kappa shape index (κ3) is 1.98. The van der Waals surface area contributed by atoms with Gasteiger partial charge in [-0.05, 0) is 37.6 Å². The number of aryl methyl sites for hydroxylation is 2. The lowest BCUT2D eigenvalue weighted by atomic mass is 10.0. The van der Waals surface area contributed by atoms with E-state index in [0.717, 1.165) is 16.8 Å². The van der Waals surface area contributed by atoms with Gasteiger partial charge in [0, 0.05) is 10.6 Å². The molecule has 0 unspecified atom stereocenters. The van der Waals surface area contributed by atoms with Gasteiger partial charge in [-0.3, -0.25) is 4.79 Å². The molecule has 5 heteroatoms. The maximum Gasteiger partial charge on any atom is 0.281 e. The van der Waals surface area contributed by atoms with Crippen LogP contribution in [-0.2, 0) is 0 Å². The zero-order valence-electron chi connectivity index (χ0n) is 11.1. The molecule has 0 saturated heterocycles. The largest absolute Gasteiger partial charge is 0.281 e. The summed E-state index contributed by atoms with van der Waals surface area (Å²) in [5.74, 6) is 0. The maximum absolute atomic E-state index is 12.2. The summed E-state index contributed by atoms with van der Waals surface area (Å²) in [5.41, 5.74) is 3.40. The van der Waals surface area contributed by atoms with Gasteiger partial charge < -0.3 is 0 Å². The van der Waals surface area contributed by atoms with E-state index in [2.05, 4.69) is 10.1 Å². The lowest BCUT2D eigenvalue weighted by Gasteiger charge is -2.10. The predicted molar refractivity (Wildman–Crippen MR) is 79.2 cm³/mol. The summed E-state index contributed by atoms with van der Waals surface area (Å²) < 4.78 is 1.61. The molecule has 0 radical (unpaired) electrons. The Hall–Kier alpha value is -2.20. The van der Waals surface area contributed by atoms with Gasteiger partial charge in [-0.25, -0.2) is 4.52 Å². The van der Waals surface area contributed by atoms with Crippen molar-refractivity contribution >= 4 is 17.1 Å². The van der Waals surface area contributed by atoms with E-state index in [1.165, 1.54) is 6.33 Å². The van der Waals surface area contributed by atoms with E-state index in [0.29, 0.717) is 16.1 Å². The molecular weight excluding hydrogens is 274 g/mol. The minimum absolute atomic E-state index is 0.299. The van der Waals surface area contributed by atoms with Gasteiger partial charge in [0.15, 0.2) is 0 Å². The average molecular weight is 286 g/mol. The summed E-state index contributed by atoms with van der Waals surface area (Å²) in [6.45, 7) is 3.81. The van der Waals surface area contributed by atoms with E-state index in [9.17, 15) is 4.79 Å². The summed E-state index contributed by atoms with van der Waals surface area (Å²) in [5, 5.41) is 4.87. The molecule has 0 aliphatic carbocycles.